The van der Waals surface area contributed by atoms with Crippen LogP contribution in [0.5, 0.6) is 0 Å². The third-order valence-electron chi connectivity index (χ3n) is 17.2. The van der Waals surface area contributed by atoms with Gasteiger partial charge in [0.2, 0.25) is 0 Å². The van der Waals surface area contributed by atoms with Crippen molar-refractivity contribution >= 4 is 0 Å². The summed E-state index contributed by atoms with van der Waals surface area (Å²) in [7, 11) is 0. The normalized spacial score (nSPS) is 26.4. The highest BCUT2D eigenvalue weighted by atomic mass is 16.5. The molecule has 382 valence electrons. The number of allylic oxidation sites excluding steroid dienone is 4. The highest BCUT2D eigenvalue weighted by Crippen LogP contribution is 2.58. The average Bonchev–Trinajstić information content (AvgIpc) is 3.62. The summed E-state index contributed by atoms with van der Waals surface area (Å²) in [5.74, 6) is 4.88. The Bertz CT molecular complexity index is 1180. The Morgan fingerprint density at radius 2 is 1.28 bits per heavy atom. The van der Waals surface area contributed by atoms with Crippen molar-refractivity contribution in [3.63, 3.8) is 0 Å². The molecule has 0 bridgehead atoms. The van der Waals surface area contributed by atoms with Crippen LogP contribution in [-0.4, -0.2) is 65.6 Å². The molecule has 2 aliphatic carbocycles. The van der Waals surface area contributed by atoms with E-state index in [0.717, 1.165) is 121 Å². The maximum absolute atomic E-state index is 6.43. The molecule has 2 fully saturated rings. The second kappa shape index (κ2) is 36.3. The average molecular weight is 914 g/mol. The van der Waals surface area contributed by atoms with Gasteiger partial charge in [0.25, 0.3) is 0 Å². The molecule has 5 nitrogen and oxygen atoms in total. The first-order chi connectivity index (χ1) is 31.6. The highest BCUT2D eigenvalue weighted by molar-refractivity contribution is 5.14. The summed E-state index contributed by atoms with van der Waals surface area (Å²) in [6.45, 7) is 27.2. The molecular weight excluding hydrogens is 801 g/mol. The Morgan fingerprint density at radius 3 is 1.95 bits per heavy atom. The van der Waals surface area contributed by atoms with Gasteiger partial charge >= 0.3 is 0 Å². The van der Waals surface area contributed by atoms with Gasteiger partial charge in [0.15, 0.2) is 0 Å². The summed E-state index contributed by atoms with van der Waals surface area (Å²) in [4.78, 5) is 0. The van der Waals surface area contributed by atoms with E-state index in [4.69, 9.17) is 23.7 Å². The minimum Gasteiger partial charge on any atom is -0.381 e. The van der Waals surface area contributed by atoms with E-state index >= 15 is 0 Å². The van der Waals surface area contributed by atoms with E-state index in [1.54, 1.807) is 5.57 Å². The first kappa shape index (κ1) is 58.6. The molecule has 2 unspecified atom stereocenters. The molecule has 5 heteroatoms. The van der Waals surface area contributed by atoms with E-state index in [1.807, 2.05) is 0 Å². The third kappa shape index (κ3) is 24.6. The van der Waals surface area contributed by atoms with Crippen LogP contribution >= 0.6 is 0 Å². The highest BCUT2D eigenvalue weighted by Gasteiger charge is 2.48. The van der Waals surface area contributed by atoms with Gasteiger partial charge in [0, 0.05) is 52.9 Å². The van der Waals surface area contributed by atoms with E-state index in [9.17, 15) is 0 Å². The number of unbranched alkanes of at least 4 members (excludes halogenated alkanes) is 12. The summed E-state index contributed by atoms with van der Waals surface area (Å²) in [5, 5.41) is 0. The fourth-order valence-corrected chi connectivity index (χ4v) is 12.2. The van der Waals surface area contributed by atoms with Crippen molar-refractivity contribution in [1.82, 2.24) is 0 Å². The SMILES string of the molecule is CCCCCCCC/C=C\CCCCCCCCOCC(CC1CCOCC1)OCCCOCCCOCCC[C@@]1(C)/C(C)=C\CC[C@@H]2CC[C@H]([C@H](C)CCCC(C)C)[C@@]2(C)CCC1C. The summed E-state index contributed by atoms with van der Waals surface area (Å²) in [5.41, 5.74) is 2.40. The molecule has 1 saturated heterocycles. The largest absolute Gasteiger partial charge is 0.381 e. The van der Waals surface area contributed by atoms with Crippen LogP contribution in [0.1, 0.15) is 248 Å². The molecule has 0 aromatic heterocycles. The van der Waals surface area contributed by atoms with E-state index in [0.29, 0.717) is 23.9 Å². The van der Waals surface area contributed by atoms with Crippen LogP contribution in [0.25, 0.3) is 0 Å². The molecule has 3 aliphatic rings. The Morgan fingerprint density at radius 1 is 0.662 bits per heavy atom. The van der Waals surface area contributed by atoms with Crippen LogP contribution in [0.4, 0.5) is 0 Å². The number of fused-ring (bicyclic) bond motifs is 1. The predicted octanol–water partition coefficient (Wildman–Crippen LogP) is 17.5. The van der Waals surface area contributed by atoms with Gasteiger partial charge in [-0.3, -0.25) is 0 Å². The van der Waals surface area contributed by atoms with Crippen molar-refractivity contribution in [3.05, 3.63) is 23.8 Å². The molecule has 7 atom stereocenters. The van der Waals surface area contributed by atoms with Gasteiger partial charge in [-0.05, 0) is 169 Å². The van der Waals surface area contributed by atoms with Crippen molar-refractivity contribution in [3.8, 4) is 0 Å². The monoisotopic (exact) mass is 913 g/mol. The molecule has 1 heterocycles. The molecule has 65 heavy (non-hydrogen) atoms. The molecule has 0 radical (unpaired) electrons. The first-order valence-corrected chi connectivity index (χ1v) is 28.8. The standard InChI is InChI=1S/C60H112O5/c1-9-10-11-12-13-14-15-16-17-18-19-20-21-22-23-24-41-64-50-57(49-55-37-47-63-48-38-55)65-46-29-45-62-44-28-43-61-42-27-39-59(7)53(5)32-26-33-56-34-35-58(52(4)31-25-30-51(2)3)60(56,8)40-36-54(59)6/h16-17,32,51-52,54-58H,9-15,18-31,33-50H2,1-8H3/b17-16-,53-32-/t52-,54?,56-,57?,58-,59+,60+/m1/s1. The lowest BCUT2D eigenvalue weighted by atomic mass is 9.60. The lowest BCUT2D eigenvalue weighted by Gasteiger charge is -2.44. The zero-order valence-electron chi connectivity index (χ0n) is 44.9. The van der Waals surface area contributed by atoms with Gasteiger partial charge < -0.3 is 23.7 Å². The Balaban J connectivity index is 1.22. The van der Waals surface area contributed by atoms with Crippen LogP contribution in [0.3, 0.4) is 0 Å². The maximum atomic E-state index is 6.43. The molecule has 0 amide bonds. The van der Waals surface area contributed by atoms with Gasteiger partial charge in [-0.2, -0.15) is 0 Å². The van der Waals surface area contributed by atoms with Gasteiger partial charge in [-0.1, -0.05) is 149 Å². The van der Waals surface area contributed by atoms with Gasteiger partial charge in [0.1, 0.15) is 0 Å². The van der Waals surface area contributed by atoms with Gasteiger partial charge in [0.05, 0.1) is 12.7 Å². The summed E-state index contributed by atoms with van der Waals surface area (Å²) in [6, 6.07) is 0. The molecule has 1 aliphatic heterocycles. The molecule has 1 saturated carbocycles. The first-order valence-electron chi connectivity index (χ1n) is 28.8. The minimum atomic E-state index is 0.176. The summed E-state index contributed by atoms with van der Waals surface area (Å²) >= 11 is 0. The lowest BCUT2D eigenvalue weighted by molar-refractivity contribution is -0.0440. The van der Waals surface area contributed by atoms with Crippen molar-refractivity contribution in [2.24, 2.45) is 46.3 Å². The second-order valence-electron chi connectivity index (χ2n) is 22.8. The molecule has 3 rings (SSSR count). The van der Waals surface area contributed by atoms with E-state index in [1.165, 1.54) is 148 Å². The van der Waals surface area contributed by atoms with Crippen molar-refractivity contribution in [1.29, 1.82) is 0 Å². The van der Waals surface area contributed by atoms with Crippen LogP contribution < -0.4 is 0 Å². The Labute approximate surface area is 405 Å². The number of ether oxygens (including phenoxy) is 5. The van der Waals surface area contributed by atoms with Crippen LogP contribution in [0.15, 0.2) is 23.8 Å². The van der Waals surface area contributed by atoms with Crippen molar-refractivity contribution in [2.45, 2.75) is 254 Å². The predicted molar refractivity (Wildman–Crippen MR) is 280 cm³/mol. The molecular formula is C60H112O5. The molecule has 0 aromatic rings. The van der Waals surface area contributed by atoms with E-state index in [2.05, 4.69) is 73.6 Å². The van der Waals surface area contributed by atoms with Gasteiger partial charge in [-0.15, -0.1) is 0 Å². The Hall–Kier alpha value is -0.720. The minimum absolute atomic E-state index is 0.176. The van der Waals surface area contributed by atoms with Gasteiger partial charge in [-0.25, -0.2) is 0 Å². The maximum Gasteiger partial charge on any atom is 0.0811 e. The third-order valence-corrected chi connectivity index (χ3v) is 17.2. The Kier molecular flexibility index (Phi) is 32.7. The van der Waals surface area contributed by atoms with Crippen LogP contribution in [-0.2, 0) is 23.7 Å². The fourth-order valence-electron chi connectivity index (χ4n) is 12.2. The van der Waals surface area contributed by atoms with Crippen LogP contribution in [0, 0.1) is 46.3 Å². The zero-order chi connectivity index (χ0) is 46.9. The molecule has 0 N–H and O–H groups in total. The second-order valence-corrected chi connectivity index (χ2v) is 22.8. The van der Waals surface area contributed by atoms with E-state index in [-0.39, 0.29) is 11.5 Å². The topological polar surface area (TPSA) is 46.2 Å². The molecule has 0 spiro atoms. The smallest absolute Gasteiger partial charge is 0.0811 e. The fraction of sp³-hybridized carbons (Fsp3) is 0.933. The summed E-state index contributed by atoms with van der Waals surface area (Å²) in [6.07, 6.45) is 46.5. The number of hydrogen-bond donors (Lipinski definition) is 0. The molecule has 0 aromatic carbocycles. The van der Waals surface area contributed by atoms with E-state index < -0.39 is 0 Å². The number of rotatable bonds is 38. The quantitative estimate of drug-likeness (QED) is 0.0456. The van der Waals surface area contributed by atoms with Crippen molar-refractivity contribution < 1.29 is 23.7 Å². The number of hydrogen-bond acceptors (Lipinski definition) is 5. The van der Waals surface area contributed by atoms with Crippen LogP contribution in [0.2, 0.25) is 0 Å². The summed E-state index contributed by atoms with van der Waals surface area (Å²) < 4.78 is 30.5. The van der Waals surface area contributed by atoms with Crippen molar-refractivity contribution in [2.75, 3.05) is 59.5 Å². The zero-order valence-corrected chi connectivity index (χ0v) is 44.9. The lowest BCUT2D eigenvalue weighted by Crippen LogP contribution is -2.36.